The van der Waals surface area contributed by atoms with Gasteiger partial charge in [0.2, 0.25) is 5.91 Å². The van der Waals surface area contributed by atoms with E-state index in [-0.39, 0.29) is 11.9 Å². The number of benzene rings is 2. The summed E-state index contributed by atoms with van der Waals surface area (Å²) in [4.78, 5) is 14.9. The molecule has 0 unspecified atom stereocenters. The number of aryl methyl sites for hydroxylation is 2. The van der Waals surface area contributed by atoms with Gasteiger partial charge in [-0.3, -0.25) is 15.5 Å². The van der Waals surface area contributed by atoms with Crippen molar-refractivity contribution in [2.24, 2.45) is 5.84 Å². The van der Waals surface area contributed by atoms with E-state index in [0.29, 0.717) is 6.54 Å². The number of amides is 1. The van der Waals surface area contributed by atoms with Crippen molar-refractivity contribution in [2.45, 2.75) is 44.6 Å². The zero-order valence-corrected chi connectivity index (χ0v) is 18.0. The topological polar surface area (TPSA) is 61.6 Å². The highest BCUT2D eigenvalue weighted by molar-refractivity contribution is 5.78. The normalized spacial score (nSPS) is 15.4. The molecule has 1 fully saturated rings. The lowest BCUT2D eigenvalue weighted by Gasteiger charge is -2.31. The maximum atomic E-state index is 12.7. The maximum Gasteiger partial charge on any atom is 0.234 e. The highest BCUT2D eigenvalue weighted by Crippen LogP contribution is 2.13. The van der Waals surface area contributed by atoms with Crippen LogP contribution in [0.5, 0.6) is 0 Å². The number of nitrogens with one attached hydrogen (secondary N) is 1. The molecule has 162 valence electrons. The van der Waals surface area contributed by atoms with Crippen LogP contribution in [0.1, 0.15) is 36.8 Å². The second-order valence-electron chi connectivity index (χ2n) is 8.33. The number of hydrogen-bond donors (Lipinski definition) is 2. The van der Waals surface area contributed by atoms with Crippen LogP contribution in [0, 0.1) is 0 Å². The molecule has 5 nitrogen and oxygen atoms in total. The van der Waals surface area contributed by atoms with E-state index in [1.165, 1.54) is 11.1 Å². The van der Waals surface area contributed by atoms with Crippen LogP contribution in [-0.4, -0.2) is 54.6 Å². The van der Waals surface area contributed by atoms with E-state index in [4.69, 9.17) is 5.84 Å². The van der Waals surface area contributed by atoms with Gasteiger partial charge < -0.3 is 5.32 Å². The molecule has 0 saturated carbocycles. The van der Waals surface area contributed by atoms with Gasteiger partial charge in [-0.15, -0.1) is 0 Å². The average molecular weight is 409 g/mol. The molecule has 2 aromatic carbocycles. The molecule has 3 N–H and O–H groups in total. The Balaban J connectivity index is 1.46. The maximum absolute atomic E-state index is 12.7. The van der Waals surface area contributed by atoms with Gasteiger partial charge in [0.25, 0.3) is 0 Å². The van der Waals surface area contributed by atoms with Crippen molar-refractivity contribution in [3.63, 3.8) is 0 Å². The monoisotopic (exact) mass is 408 g/mol. The summed E-state index contributed by atoms with van der Waals surface area (Å²) in [6.45, 7) is 3.84. The number of carbonyl (C=O) groups excluding carboxylic acids is 1. The summed E-state index contributed by atoms with van der Waals surface area (Å²) >= 11 is 0. The third-order valence-corrected chi connectivity index (χ3v) is 5.86. The van der Waals surface area contributed by atoms with Crippen molar-refractivity contribution in [1.29, 1.82) is 0 Å². The third-order valence-electron chi connectivity index (χ3n) is 5.86. The van der Waals surface area contributed by atoms with Crippen molar-refractivity contribution in [2.75, 3.05) is 32.7 Å². The molecule has 1 aliphatic rings. The van der Waals surface area contributed by atoms with Gasteiger partial charge in [0.05, 0.1) is 6.54 Å². The molecule has 0 radical (unpaired) electrons. The van der Waals surface area contributed by atoms with Crippen LogP contribution >= 0.6 is 0 Å². The van der Waals surface area contributed by atoms with Gasteiger partial charge in [-0.2, -0.15) is 0 Å². The van der Waals surface area contributed by atoms with Crippen LogP contribution in [0.2, 0.25) is 0 Å². The van der Waals surface area contributed by atoms with Crippen molar-refractivity contribution >= 4 is 5.91 Å². The molecule has 1 aliphatic heterocycles. The highest BCUT2D eigenvalue weighted by atomic mass is 16.2. The molecule has 0 aromatic heterocycles. The fourth-order valence-corrected chi connectivity index (χ4v) is 4.08. The number of nitrogens with zero attached hydrogens (tertiary/aromatic N) is 2. The molecular formula is C25H36N4O. The summed E-state index contributed by atoms with van der Waals surface area (Å²) in [5.41, 5.74) is 2.73. The van der Waals surface area contributed by atoms with E-state index in [0.717, 1.165) is 64.7 Å². The summed E-state index contributed by atoms with van der Waals surface area (Å²) < 4.78 is 0. The van der Waals surface area contributed by atoms with Crippen molar-refractivity contribution < 1.29 is 4.79 Å². The van der Waals surface area contributed by atoms with E-state index in [9.17, 15) is 4.79 Å². The van der Waals surface area contributed by atoms with Crippen molar-refractivity contribution in [1.82, 2.24) is 15.2 Å². The zero-order chi connectivity index (χ0) is 21.0. The molecule has 5 heteroatoms. The van der Waals surface area contributed by atoms with Gasteiger partial charge in [0, 0.05) is 32.2 Å². The Kier molecular flexibility index (Phi) is 9.35. The first-order valence-electron chi connectivity index (χ1n) is 11.3. The van der Waals surface area contributed by atoms with E-state index < -0.39 is 0 Å². The van der Waals surface area contributed by atoms with Crippen LogP contribution < -0.4 is 11.2 Å². The molecule has 0 aliphatic carbocycles. The first-order chi connectivity index (χ1) is 14.7. The number of hydrogen-bond acceptors (Lipinski definition) is 4. The molecule has 2 aromatic rings. The lowest BCUT2D eigenvalue weighted by atomic mass is 9.99. The first-order valence-corrected chi connectivity index (χ1v) is 11.3. The number of carbonyl (C=O) groups is 1. The van der Waals surface area contributed by atoms with Crippen LogP contribution in [0.4, 0.5) is 0 Å². The first kappa shape index (κ1) is 22.5. The van der Waals surface area contributed by atoms with Crippen molar-refractivity contribution in [3.05, 3.63) is 71.8 Å². The minimum Gasteiger partial charge on any atom is -0.352 e. The summed E-state index contributed by atoms with van der Waals surface area (Å²) in [6, 6.07) is 21.4. The quantitative estimate of drug-likeness (QED) is 0.561. The second kappa shape index (κ2) is 12.5. The SMILES string of the molecule is NN1CCN(CC(=O)NC(CCCc2ccccc2)CCCc2ccccc2)CC1. The molecule has 0 spiro atoms. The Hall–Kier alpha value is -2.21. The van der Waals surface area contributed by atoms with E-state index >= 15 is 0 Å². The molecule has 0 bridgehead atoms. The second-order valence-corrected chi connectivity index (χ2v) is 8.33. The molecule has 1 saturated heterocycles. The molecular weight excluding hydrogens is 372 g/mol. The van der Waals surface area contributed by atoms with E-state index in [2.05, 4.69) is 70.9 Å². The Bertz CT molecular complexity index is 684. The Morgan fingerprint density at radius 2 is 1.33 bits per heavy atom. The Morgan fingerprint density at radius 3 is 1.83 bits per heavy atom. The number of hydrazine groups is 1. The summed E-state index contributed by atoms with van der Waals surface area (Å²) in [7, 11) is 0. The predicted molar refractivity (Wildman–Crippen MR) is 123 cm³/mol. The van der Waals surface area contributed by atoms with Gasteiger partial charge in [-0.25, -0.2) is 5.01 Å². The fourth-order valence-electron chi connectivity index (χ4n) is 4.08. The molecule has 1 amide bonds. The van der Waals surface area contributed by atoms with Crippen molar-refractivity contribution in [3.8, 4) is 0 Å². The van der Waals surface area contributed by atoms with E-state index in [1.54, 1.807) is 0 Å². The van der Waals surface area contributed by atoms with Gasteiger partial charge in [0.15, 0.2) is 0 Å². The van der Waals surface area contributed by atoms with Gasteiger partial charge in [-0.1, -0.05) is 60.7 Å². The standard InChI is InChI=1S/C25H36N4O/c26-29-19-17-28(18-20-29)21-25(30)27-24(15-7-13-22-9-3-1-4-10-22)16-8-14-23-11-5-2-6-12-23/h1-6,9-12,24H,7-8,13-21,26H2,(H,27,30). The van der Waals surface area contributed by atoms with Gasteiger partial charge in [0.1, 0.15) is 0 Å². The zero-order valence-electron chi connectivity index (χ0n) is 18.0. The Morgan fingerprint density at radius 1 is 0.833 bits per heavy atom. The fraction of sp³-hybridized carbons (Fsp3) is 0.480. The molecule has 3 rings (SSSR count). The van der Waals surface area contributed by atoms with Crippen LogP contribution in [-0.2, 0) is 17.6 Å². The van der Waals surface area contributed by atoms with E-state index in [1.807, 2.05) is 5.01 Å². The van der Waals surface area contributed by atoms with Crippen LogP contribution in [0.3, 0.4) is 0 Å². The predicted octanol–water partition coefficient (Wildman–Crippen LogP) is 3.01. The lowest BCUT2D eigenvalue weighted by molar-refractivity contribution is -0.123. The minimum atomic E-state index is 0.143. The van der Waals surface area contributed by atoms with Crippen LogP contribution in [0.15, 0.2) is 60.7 Å². The lowest BCUT2D eigenvalue weighted by Crippen LogP contribution is -2.52. The third kappa shape index (κ3) is 8.27. The summed E-state index contributed by atoms with van der Waals surface area (Å²) in [6.07, 6.45) is 6.34. The van der Waals surface area contributed by atoms with Crippen LogP contribution in [0.25, 0.3) is 0 Å². The molecule has 0 atom stereocenters. The number of piperazine rings is 1. The van der Waals surface area contributed by atoms with Gasteiger partial charge in [-0.05, 0) is 49.7 Å². The summed E-state index contributed by atoms with van der Waals surface area (Å²) in [5, 5.41) is 5.15. The smallest absolute Gasteiger partial charge is 0.234 e. The number of nitrogens with two attached hydrogens (primary N) is 1. The average Bonchev–Trinajstić information content (AvgIpc) is 2.77. The Labute approximate surface area is 181 Å². The van der Waals surface area contributed by atoms with Gasteiger partial charge >= 0.3 is 0 Å². The molecule has 30 heavy (non-hydrogen) atoms. The minimum absolute atomic E-state index is 0.143. The summed E-state index contributed by atoms with van der Waals surface area (Å²) in [5.74, 6) is 5.96. The highest BCUT2D eigenvalue weighted by Gasteiger charge is 2.19. The largest absolute Gasteiger partial charge is 0.352 e. The molecule has 1 heterocycles. The number of rotatable bonds is 11.